The molecule has 0 spiro atoms. The van der Waals surface area contributed by atoms with E-state index < -0.39 is 0 Å². The topological polar surface area (TPSA) is 20.3 Å². The SMILES string of the molecule is CCCCCCCCCCCCC(=O)N(CC)CC. The molecule has 0 aromatic carbocycles. The Morgan fingerprint density at radius 1 is 0.684 bits per heavy atom. The molecular weight excluding hydrogens is 234 g/mol. The maximum atomic E-state index is 11.8. The molecule has 0 saturated carbocycles. The predicted molar refractivity (Wildman–Crippen MR) is 84.4 cm³/mol. The van der Waals surface area contributed by atoms with Crippen molar-refractivity contribution < 1.29 is 4.79 Å². The van der Waals surface area contributed by atoms with Crippen molar-refractivity contribution in [1.82, 2.24) is 4.90 Å². The van der Waals surface area contributed by atoms with Gasteiger partial charge in [-0.15, -0.1) is 0 Å². The molecule has 19 heavy (non-hydrogen) atoms. The van der Waals surface area contributed by atoms with Crippen molar-refractivity contribution in [3.05, 3.63) is 0 Å². The molecule has 0 aromatic heterocycles. The van der Waals surface area contributed by atoms with Gasteiger partial charge in [-0.05, 0) is 20.3 Å². The lowest BCUT2D eigenvalue weighted by molar-refractivity contribution is -0.130. The first-order chi connectivity index (χ1) is 9.26. The smallest absolute Gasteiger partial charge is 0.222 e. The number of carbonyl (C=O) groups excluding carboxylic acids is 1. The summed E-state index contributed by atoms with van der Waals surface area (Å²) in [5.74, 6) is 0.338. The Kier molecular flexibility index (Phi) is 13.5. The molecule has 0 aliphatic heterocycles. The summed E-state index contributed by atoms with van der Waals surface area (Å²) in [6.07, 6.45) is 14.0. The predicted octanol–water partition coefficient (Wildman–Crippen LogP) is 5.17. The minimum absolute atomic E-state index is 0.338. The molecule has 0 rings (SSSR count). The lowest BCUT2D eigenvalue weighted by atomic mass is 10.1. The highest BCUT2D eigenvalue weighted by Crippen LogP contribution is 2.11. The van der Waals surface area contributed by atoms with E-state index in [2.05, 4.69) is 20.8 Å². The van der Waals surface area contributed by atoms with E-state index in [1.807, 2.05) is 4.90 Å². The van der Waals surface area contributed by atoms with Gasteiger partial charge in [0.15, 0.2) is 0 Å². The molecular formula is C17H35NO. The largest absolute Gasteiger partial charge is 0.343 e. The molecule has 0 saturated heterocycles. The van der Waals surface area contributed by atoms with Gasteiger partial charge < -0.3 is 4.90 Å². The van der Waals surface area contributed by atoms with Gasteiger partial charge in [0, 0.05) is 19.5 Å². The first kappa shape index (κ1) is 18.5. The van der Waals surface area contributed by atoms with Gasteiger partial charge in [-0.1, -0.05) is 64.7 Å². The Labute approximate surface area is 120 Å². The van der Waals surface area contributed by atoms with Gasteiger partial charge in [-0.25, -0.2) is 0 Å². The maximum Gasteiger partial charge on any atom is 0.222 e. The summed E-state index contributed by atoms with van der Waals surface area (Å²) in [5, 5.41) is 0. The Balaban J connectivity index is 3.24. The van der Waals surface area contributed by atoms with E-state index in [-0.39, 0.29) is 0 Å². The second-order valence-corrected chi connectivity index (χ2v) is 5.50. The van der Waals surface area contributed by atoms with Crippen LogP contribution in [0.4, 0.5) is 0 Å². The van der Waals surface area contributed by atoms with Crippen LogP contribution in [-0.4, -0.2) is 23.9 Å². The summed E-state index contributed by atoms with van der Waals surface area (Å²) in [5.41, 5.74) is 0. The molecule has 0 aromatic rings. The summed E-state index contributed by atoms with van der Waals surface area (Å²) in [6, 6.07) is 0. The van der Waals surface area contributed by atoms with E-state index in [1.54, 1.807) is 0 Å². The van der Waals surface area contributed by atoms with E-state index in [4.69, 9.17) is 0 Å². The van der Waals surface area contributed by atoms with E-state index in [9.17, 15) is 4.79 Å². The molecule has 0 atom stereocenters. The number of hydrogen-bond acceptors (Lipinski definition) is 1. The Bertz CT molecular complexity index is 199. The number of carbonyl (C=O) groups is 1. The van der Waals surface area contributed by atoms with Crippen molar-refractivity contribution in [2.45, 2.75) is 91.4 Å². The molecule has 0 aliphatic rings. The Hall–Kier alpha value is -0.530. The van der Waals surface area contributed by atoms with Gasteiger partial charge >= 0.3 is 0 Å². The van der Waals surface area contributed by atoms with E-state index in [0.717, 1.165) is 25.9 Å². The van der Waals surface area contributed by atoms with Gasteiger partial charge in [0.25, 0.3) is 0 Å². The van der Waals surface area contributed by atoms with Crippen molar-refractivity contribution in [2.24, 2.45) is 0 Å². The van der Waals surface area contributed by atoms with Crippen LogP contribution in [0.15, 0.2) is 0 Å². The van der Waals surface area contributed by atoms with E-state index in [0.29, 0.717) is 5.91 Å². The summed E-state index contributed by atoms with van der Waals surface area (Å²) < 4.78 is 0. The van der Waals surface area contributed by atoms with Crippen molar-refractivity contribution >= 4 is 5.91 Å². The highest BCUT2D eigenvalue weighted by Gasteiger charge is 2.07. The number of hydrogen-bond donors (Lipinski definition) is 0. The fraction of sp³-hybridized carbons (Fsp3) is 0.941. The highest BCUT2D eigenvalue weighted by molar-refractivity contribution is 5.75. The summed E-state index contributed by atoms with van der Waals surface area (Å²) in [6.45, 7) is 8.08. The molecule has 0 radical (unpaired) electrons. The normalized spacial score (nSPS) is 10.7. The van der Waals surface area contributed by atoms with Crippen LogP contribution in [0.1, 0.15) is 91.4 Å². The molecule has 0 unspecified atom stereocenters. The number of amides is 1. The third-order valence-electron chi connectivity index (χ3n) is 3.86. The van der Waals surface area contributed by atoms with E-state index >= 15 is 0 Å². The standard InChI is InChI=1S/C17H35NO/c1-4-7-8-9-10-11-12-13-14-15-16-17(19)18(5-2)6-3/h4-16H2,1-3H3. The minimum atomic E-state index is 0.338. The first-order valence-electron chi connectivity index (χ1n) is 8.54. The zero-order valence-corrected chi connectivity index (χ0v) is 13.5. The van der Waals surface area contributed by atoms with Crippen LogP contribution in [0.3, 0.4) is 0 Å². The Morgan fingerprint density at radius 2 is 1.11 bits per heavy atom. The molecule has 0 N–H and O–H groups in total. The number of nitrogens with zero attached hydrogens (tertiary/aromatic N) is 1. The lowest BCUT2D eigenvalue weighted by Crippen LogP contribution is -2.30. The van der Waals surface area contributed by atoms with Gasteiger partial charge in [-0.2, -0.15) is 0 Å². The monoisotopic (exact) mass is 269 g/mol. The van der Waals surface area contributed by atoms with Crippen LogP contribution >= 0.6 is 0 Å². The minimum Gasteiger partial charge on any atom is -0.343 e. The molecule has 2 nitrogen and oxygen atoms in total. The molecule has 0 aliphatic carbocycles. The van der Waals surface area contributed by atoms with Crippen molar-refractivity contribution in [1.29, 1.82) is 0 Å². The summed E-state index contributed by atoms with van der Waals surface area (Å²) >= 11 is 0. The van der Waals surface area contributed by atoms with Crippen LogP contribution < -0.4 is 0 Å². The van der Waals surface area contributed by atoms with Crippen molar-refractivity contribution in [3.63, 3.8) is 0 Å². The van der Waals surface area contributed by atoms with Crippen LogP contribution in [0.2, 0.25) is 0 Å². The second kappa shape index (κ2) is 13.9. The molecule has 0 bridgehead atoms. The molecule has 0 heterocycles. The van der Waals surface area contributed by atoms with E-state index in [1.165, 1.54) is 57.8 Å². The van der Waals surface area contributed by atoms with Gasteiger partial charge in [-0.3, -0.25) is 4.79 Å². The third kappa shape index (κ3) is 11.0. The van der Waals surface area contributed by atoms with Crippen LogP contribution in [0, 0.1) is 0 Å². The Morgan fingerprint density at radius 3 is 1.53 bits per heavy atom. The number of unbranched alkanes of at least 4 members (excludes halogenated alkanes) is 9. The third-order valence-corrected chi connectivity index (χ3v) is 3.86. The summed E-state index contributed by atoms with van der Waals surface area (Å²) in [4.78, 5) is 13.7. The maximum absolute atomic E-state index is 11.8. The molecule has 1 amide bonds. The average Bonchev–Trinajstić information content (AvgIpc) is 2.42. The van der Waals surface area contributed by atoms with Crippen LogP contribution in [0.25, 0.3) is 0 Å². The zero-order valence-electron chi connectivity index (χ0n) is 13.5. The fourth-order valence-electron chi connectivity index (χ4n) is 2.50. The van der Waals surface area contributed by atoms with Crippen LogP contribution in [-0.2, 0) is 4.79 Å². The number of rotatable bonds is 13. The van der Waals surface area contributed by atoms with Gasteiger partial charge in [0.2, 0.25) is 5.91 Å². The van der Waals surface area contributed by atoms with Crippen molar-refractivity contribution in [3.8, 4) is 0 Å². The zero-order chi connectivity index (χ0) is 14.3. The lowest BCUT2D eigenvalue weighted by Gasteiger charge is -2.18. The molecule has 114 valence electrons. The highest BCUT2D eigenvalue weighted by atomic mass is 16.2. The fourth-order valence-corrected chi connectivity index (χ4v) is 2.50. The molecule has 0 fully saturated rings. The van der Waals surface area contributed by atoms with Crippen LogP contribution in [0.5, 0.6) is 0 Å². The van der Waals surface area contributed by atoms with Gasteiger partial charge in [0.1, 0.15) is 0 Å². The van der Waals surface area contributed by atoms with Gasteiger partial charge in [0.05, 0.1) is 0 Å². The quantitative estimate of drug-likeness (QED) is 0.423. The average molecular weight is 269 g/mol. The van der Waals surface area contributed by atoms with Crippen molar-refractivity contribution in [2.75, 3.05) is 13.1 Å². The molecule has 2 heteroatoms. The first-order valence-corrected chi connectivity index (χ1v) is 8.54. The summed E-state index contributed by atoms with van der Waals surface area (Å²) in [7, 11) is 0. The second-order valence-electron chi connectivity index (χ2n) is 5.50.